The van der Waals surface area contributed by atoms with Crippen molar-refractivity contribution in [3.8, 4) is 5.75 Å². The van der Waals surface area contributed by atoms with Crippen LogP contribution in [0.25, 0.3) is 0 Å². The number of ketones is 1. The van der Waals surface area contributed by atoms with E-state index in [1.807, 2.05) is 24.3 Å². The molecule has 1 aromatic carbocycles. The topological polar surface area (TPSA) is 96.4 Å². The summed E-state index contributed by atoms with van der Waals surface area (Å²) in [6, 6.07) is 6.29. The van der Waals surface area contributed by atoms with Gasteiger partial charge in [-0.15, -0.1) is 0 Å². The molecule has 180 valence electrons. The molecule has 2 saturated heterocycles. The average molecular weight is 459 g/mol. The first-order valence-corrected chi connectivity index (χ1v) is 11.6. The van der Waals surface area contributed by atoms with Crippen molar-refractivity contribution in [3.05, 3.63) is 29.8 Å². The Labute approximate surface area is 194 Å². The number of piperidine rings is 1. The quantitative estimate of drug-likeness (QED) is 0.745. The molecule has 0 radical (unpaired) electrons. The van der Waals surface area contributed by atoms with E-state index in [9.17, 15) is 19.5 Å². The van der Waals surface area contributed by atoms with Crippen LogP contribution in [-0.4, -0.2) is 76.2 Å². The van der Waals surface area contributed by atoms with E-state index in [2.05, 4.69) is 0 Å². The van der Waals surface area contributed by atoms with Crippen molar-refractivity contribution in [1.82, 2.24) is 9.80 Å². The van der Waals surface area contributed by atoms with Gasteiger partial charge in [0.05, 0.1) is 19.3 Å². The highest BCUT2D eigenvalue weighted by molar-refractivity contribution is 5.91. The summed E-state index contributed by atoms with van der Waals surface area (Å²) in [7, 11) is 3.19. The van der Waals surface area contributed by atoms with Crippen LogP contribution < -0.4 is 4.74 Å². The highest BCUT2D eigenvalue weighted by Gasteiger charge is 2.63. The highest BCUT2D eigenvalue weighted by atomic mass is 16.6. The van der Waals surface area contributed by atoms with Gasteiger partial charge in [0.25, 0.3) is 0 Å². The molecule has 8 nitrogen and oxygen atoms in total. The number of hydrogen-bond donors (Lipinski definition) is 1. The molecule has 2 heterocycles. The number of carbonyl (C=O) groups is 3. The van der Waals surface area contributed by atoms with Crippen molar-refractivity contribution >= 4 is 17.8 Å². The van der Waals surface area contributed by atoms with Crippen molar-refractivity contribution in [2.45, 2.75) is 82.2 Å². The van der Waals surface area contributed by atoms with Crippen LogP contribution >= 0.6 is 0 Å². The maximum Gasteiger partial charge on any atom is 0.410 e. The Bertz CT molecular complexity index is 939. The van der Waals surface area contributed by atoms with Gasteiger partial charge < -0.3 is 19.5 Å². The molecule has 33 heavy (non-hydrogen) atoms. The number of nitrogens with zero attached hydrogens (tertiary/aromatic N) is 2. The molecule has 2 bridgehead atoms. The number of methoxy groups -OCH3 is 1. The third-order valence-corrected chi connectivity index (χ3v) is 7.35. The minimum absolute atomic E-state index is 0.0592. The number of likely N-dealkylation sites (N-methyl/N-ethyl adjacent to an activating group) is 1. The molecule has 2 amide bonds. The van der Waals surface area contributed by atoms with Crippen molar-refractivity contribution in [1.29, 1.82) is 0 Å². The number of hydrogen-bond acceptors (Lipinski definition) is 6. The van der Waals surface area contributed by atoms with Gasteiger partial charge in [0.1, 0.15) is 23.2 Å². The van der Waals surface area contributed by atoms with Crippen LogP contribution in [-0.2, 0) is 20.7 Å². The summed E-state index contributed by atoms with van der Waals surface area (Å²) < 4.78 is 10.7. The molecule has 5 atom stereocenters. The van der Waals surface area contributed by atoms with Crippen molar-refractivity contribution in [2.24, 2.45) is 5.92 Å². The summed E-state index contributed by atoms with van der Waals surface area (Å²) in [5.41, 5.74) is -0.264. The molecule has 3 fully saturated rings. The van der Waals surface area contributed by atoms with Crippen LogP contribution in [0.5, 0.6) is 5.75 Å². The lowest BCUT2D eigenvalue weighted by Crippen LogP contribution is -2.66. The van der Waals surface area contributed by atoms with E-state index in [-0.39, 0.29) is 11.7 Å². The number of aliphatic hydroxyl groups excluding tert-OH is 1. The minimum Gasteiger partial charge on any atom is -0.497 e. The maximum absolute atomic E-state index is 13.7. The van der Waals surface area contributed by atoms with E-state index in [1.165, 1.54) is 4.90 Å². The van der Waals surface area contributed by atoms with Crippen molar-refractivity contribution in [3.63, 3.8) is 0 Å². The Morgan fingerprint density at radius 2 is 1.88 bits per heavy atom. The molecule has 0 unspecified atom stereocenters. The number of Topliss-reactive ketones (excluding diaryl/α,β-unsaturated/α-hetero) is 1. The molecule has 4 rings (SSSR count). The van der Waals surface area contributed by atoms with E-state index in [0.717, 1.165) is 11.3 Å². The van der Waals surface area contributed by atoms with Crippen LogP contribution in [0.15, 0.2) is 24.3 Å². The lowest BCUT2D eigenvalue weighted by atomic mass is 9.65. The fraction of sp³-hybridized carbons (Fsp3) is 0.640. The zero-order valence-electron chi connectivity index (χ0n) is 20.0. The van der Waals surface area contributed by atoms with Crippen molar-refractivity contribution < 1.29 is 29.0 Å². The van der Waals surface area contributed by atoms with Crippen LogP contribution in [0.2, 0.25) is 0 Å². The van der Waals surface area contributed by atoms with Gasteiger partial charge in [0.15, 0.2) is 0 Å². The molecule has 3 aliphatic rings. The highest BCUT2D eigenvalue weighted by Crippen LogP contribution is 2.51. The number of rotatable bonds is 4. The lowest BCUT2D eigenvalue weighted by molar-refractivity contribution is -0.162. The third kappa shape index (κ3) is 4.21. The first-order valence-electron chi connectivity index (χ1n) is 11.6. The number of amides is 2. The van der Waals surface area contributed by atoms with Gasteiger partial charge in [-0.1, -0.05) is 12.1 Å². The largest absolute Gasteiger partial charge is 0.497 e. The molecule has 1 saturated carbocycles. The second kappa shape index (κ2) is 8.31. The van der Waals surface area contributed by atoms with Gasteiger partial charge in [-0.25, -0.2) is 4.79 Å². The second-order valence-electron chi connectivity index (χ2n) is 10.6. The van der Waals surface area contributed by atoms with E-state index in [1.54, 1.807) is 39.8 Å². The number of carbonyl (C=O) groups excluding carboxylic acids is 3. The zero-order valence-corrected chi connectivity index (χ0v) is 20.0. The standard InChI is InChI=1S/C25H34N2O6/c1-24(2,3)33-23(31)26(4)19-14-25-11-10-20(28)17(13-25)21(29)18(27(25)22(19)30)12-15-6-8-16(32-5)9-7-15/h6-9,17-19,21,29H,10-14H2,1-5H3/t17-,18-,19-,21-,25-/m0/s1. The number of aliphatic hydroxyl groups is 1. The summed E-state index contributed by atoms with van der Waals surface area (Å²) in [6.07, 6.45) is 0.705. The molecular formula is C25H34N2O6. The van der Waals surface area contributed by atoms with Crippen LogP contribution in [0, 0.1) is 5.92 Å². The smallest absolute Gasteiger partial charge is 0.410 e. The lowest BCUT2D eigenvalue weighted by Gasteiger charge is -2.54. The Kier molecular flexibility index (Phi) is 5.93. The summed E-state index contributed by atoms with van der Waals surface area (Å²) >= 11 is 0. The predicted molar refractivity (Wildman–Crippen MR) is 121 cm³/mol. The first kappa shape index (κ1) is 23.5. The van der Waals surface area contributed by atoms with Gasteiger partial charge in [-0.2, -0.15) is 0 Å². The first-order chi connectivity index (χ1) is 15.5. The second-order valence-corrected chi connectivity index (χ2v) is 10.6. The summed E-state index contributed by atoms with van der Waals surface area (Å²) in [5.74, 6) is 0.108. The molecule has 8 heteroatoms. The molecule has 0 aromatic heterocycles. The Morgan fingerprint density at radius 1 is 1.21 bits per heavy atom. The normalized spacial score (nSPS) is 31.3. The molecular weight excluding hydrogens is 424 g/mol. The Hall–Kier alpha value is -2.61. The fourth-order valence-corrected chi connectivity index (χ4v) is 5.74. The van der Waals surface area contributed by atoms with Gasteiger partial charge in [0, 0.05) is 31.3 Å². The number of benzene rings is 1. The minimum atomic E-state index is -0.942. The van der Waals surface area contributed by atoms with Gasteiger partial charge >= 0.3 is 6.09 Å². The average Bonchev–Trinajstić information content (AvgIpc) is 3.04. The Morgan fingerprint density at radius 3 is 2.48 bits per heavy atom. The predicted octanol–water partition coefficient (Wildman–Crippen LogP) is 2.56. The number of fused-ring (bicyclic) bond motifs is 1. The summed E-state index contributed by atoms with van der Waals surface area (Å²) in [4.78, 5) is 42.3. The van der Waals surface area contributed by atoms with Crippen LogP contribution in [0.1, 0.15) is 52.0 Å². The SMILES string of the molecule is COc1ccc(C[C@H]2[C@@H](O)[C@H]3C[C@@]4(CCC3=O)C[C@H](N(C)C(=O)OC(C)(C)C)C(=O)N24)cc1. The summed E-state index contributed by atoms with van der Waals surface area (Å²) in [5, 5.41) is 11.2. The summed E-state index contributed by atoms with van der Waals surface area (Å²) in [6.45, 7) is 5.36. The fourth-order valence-electron chi connectivity index (χ4n) is 5.74. The van der Waals surface area contributed by atoms with Gasteiger partial charge in [0.2, 0.25) is 5.91 Å². The van der Waals surface area contributed by atoms with Gasteiger partial charge in [-0.3, -0.25) is 14.5 Å². The van der Waals surface area contributed by atoms with Crippen LogP contribution in [0.4, 0.5) is 4.79 Å². The zero-order chi connectivity index (χ0) is 24.1. The van der Waals surface area contributed by atoms with E-state index in [0.29, 0.717) is 32.1 Å². The van der Waals surface area contributed by atoms with Gasteiger partial charge in [-0.05, 0) is 57.7 Å². The molecule has 2 aliphatic heterocycles. The van der Waals surface area contributed by atoms with E-state index in [4.69, 9.17) is 9.47 Å². The number of ether oxygens (including phenoxy) is 2. The van der Waals surface area contributed by atoms with E-state index < -0.39 is 41.3 Å². The van der Waals surface area contributed by atoms with Crippen molar-refractivity contribution in [2.75, 3.05) is 14.2 Å². The van der Waals surface area contributed by atoms with E-state index >= 15 is 0 Å². The van der Waals surface area contributed by atoms with Crippen LogP contribution in [0.3, 0.4) is 0 Å². The maximum atomic E-state index is 13.7. The molecule has 1 aromatic rings. The third-order valence-electron chi connectivity index (χ3n) is 7.35. The Balaban J connectivity index is 1.65. The molecule has 1 N–H and O–H groups in total. The molecule has 1 spiro atoms. The molecule has 1 aliphatic carbocycles. The monoisotopic (exact) mass is 458 g/mol.